The van der Waals surface area contributed by atoms with Gasteiger partial charge in [-0.05, 0) is 32.0 Å². The van der Waals surface area contributed by atoms with Gasteiger partial charge in [0.1, 0.15) is 10.6 Å². The number of ether oxygens (including phenoxy) is 1. The molecule has 3 N–H and O–H groups in total. The second-order valence-corrected chi connectivity index (χ2v) is 5.26. The molecular weight excluding hydrogens is 262 g/mol. The number of hydrogen-bond donors (Lipinski definition) is 2. The third-order valence-corrected chi connectivity index (χ3v) is 3.67. The molecular formula is C13H15N3O2S. The highest BCUT2D eigenvalue weighted by Gasteiger charge is 2.14. The van der Waals surface area contributed by atoms with Crippen molar-refractivity contribution in [3.05, 3.63) is 33.8 Å². The lowest BCUT2D eigenvalue weighted by atomic mass is 10.2. The number of nitrogens with zero attached hydrogens (tertiary/aromatic N) is 1. The predicted octanol–water partition coefficient (Wildman–Crippen LogP) is 2.60. The first-order chi connectivity index (χ1) is 9.01. The van der Waals surface area contributed by atoms with E-state index in [1.807, 2.05) is 13.8 Å². The molecule has 0 aliphatic carbocycles. The monoisotopic (exact) mass is 277 g/mol. The van der Waals surface area contributed by atoms with E-state index in [1.165, 1.54) is 11.3 Å². The summed E-state index contributed by atoms with van der Waals surface area (Å²) in [5.74, 6) is 0.412. The lowest BCUT2D eigenvalue weighted by Gasteiger charge is -2.08. The Balaban J connectivity index is 2.19. The number of amides is 1. The van der Waals surface area contributed by atoms with Gasteiger partial charge in [0.25, 0.3) is 5.91 Å². The zero-order chi connectivity index (χ0) is 14.0. The van der Waals surface area contributed by atoms with E-state index in [2.05, 4.69) is 10.3 Å². The maximum atomic E-state index is 12.1. The summed E-state index contributed by atoms with van der Waals surface area (Å²) in [7, 11) is 1.55. The molecule has 2 aromatic rings. The maximum Gasteiger partial charge on any atom is 0.267 e. The van der Waals surface area contributed by atoms with Gasteiger partial charge in [-0.25, -0.2) is 4.98 Å². The lowest BCUT2D eigenvalue weighted by Crippen LogP contribution is -2.11. The van der Waals surface area contributed by atoms with Crippen molar-refractivity contribution in [1.82, 2.24) is 4.98 Å². The van der Waals surface area contributed by atoms with Gasteiger partial charge in [0, 0.05) is 5.69 Å². The van der Waals surface area contributed by atoms with E-state index < -0.39 is 0 Å². The Morgan fingerprint density at radius 2 is 2.16 bits per heavy atom. The van der Waals surface area contributed by atoms with Gasteiger partial charge in [-0.3, -0.25) is 4.79 Å². The summed E-state index contributed by atoms with van der Waals surface area (Å²) in [4.78, 5) is 17.0. The fraction of sp³-hybridized carbons (Fsp3) is 0.231. The number of aryl methyl sites for hydroxylation is 2. The number of aromatic nitrogens is 1. The van der Waals surface area contributed by atoms with Crippen molar-refractivity contribution in [3.8, 4) is 5.75 Å². The molecule has 0 bridgehead atoms. The van der Waals surface area contributed by atoms with Gasteiger partial charge >= 0.3 is 0 Å². The first-order valence-electron chi connectivity index (χ1n) is 5.70. The first kappa shape index (κ1) is 13.4. The number of carbonyl (C=O) groups is 1. The van der Waals surface area contributed by atoms with Gasteiger partial charge < -0.3 is 15.8 Å². The molecule has 1 aromatic carbocycles. The SMILES string of the molecule is COc1ccc(NC(=O)c2sc(C)nc2C)cc1N. The Morgan fingerprint density at radius 3 is 2.68 bits per heavy atom. The summed E-state index contributed by atoms with van der Waals surface area (Å²) in [6.45, 7) is 3.70. The molecule has 0 radical (unpaired) electrons. The van der Waals surface area contributed by atoms with E-state index in [0.717, 1.165) is 10.7 Å². The quantitative estimate of drug-likeness (QED) is 0.845. The Kier molecular flexibility index (Phi) is 3.71. The summed E-state index contributed by atoms with van der Waals surface area (Å²) >= 11 is 1.37. The molecule has 1 amide bonds. The van der Waals surface area contributed by atoms with Gasteiger partial charge in [0.15, 0.2) is 0 Å². The minimum absolute atomic E-state index is 0.173. The van der Waals surface area contributed by atoms with E-state index in [0.29, 0.717) is 22.0 Å². The van der Waals surface area contributed by atoms with Crippen LogP contribution in [0.4, 0.5) is 11.4 Å². The average molecular weight is 277 g/mol. The number of thiazole rings is 1. The standard InChI is InChI=1S/C13H15N3O2S/c1-7-12(19-8(2)15-7)13(17)16-9-4-5-11(18-3)10(14)6-9/h4-6H,14H2,1-3H3,(H,16,17). The van der Waals surface area contributed by atoms with Crippen molar-refractivity contribution in [2.24, 2.45) is 0 Å². The highest BCUT2D eigenvalue weighted by Crippen LogP contribution is 2.25. The molecule has 0 fully saturated rings. The second kappa shape index (κ2) is 5.27. The van der Waals surface area contributed by atoms with Crippen LogP contribution in [-0.4, -0.2) is 18.0 Å². The molecule has 100 valence electrons. The summed E-state index contributed by atoms with van der Waals surface area (Å²) in [6.07, 6.45) is 0. The molecule has 19 heavy (non-hydrogen) atoms. The molecule has 0 spiro atoms. The number of nitrogen functional groups attached to an aromatic ring is 1. The smallest absolute Gasteiger partial charge is 0.267 e. The minimum Gasteiger partial charge on any atom is -0.495 e. The van der Waals surface area contributed by atoms with Crippen molar-refractivity contribution in [2.45, 2.75) is 13.8 Å². The number of nitrogens with two attached hydrogens (primary N) is 1. The molecule has 0 atom stereocenters. The van der Waals surface area contributed by atoms with Crippen LogP contribution >= 0.6 is 11.3 Å². The van der Waals surface area contributed by atoms with E-state index in [-0.39, 0.29) is 5.91 Å². The van der Waals surface area contributed by atoms with E-state index >= 15 is 0 Å². The molecule has 0 saturated heterocycles. The fourth-order valence-electron chi connectivity index (χ4n) is 1.74. The van der Waals surface area contributed by atoms with Crippen LogP contribution in [0, 0.1) is 13.8 Å². The van der Waals surface area contributed by atoms with Crippen LogP contribution in [-0.2, 0) is 0 Å². The van der Waals surface area contributed by atoms with E-state index in [4.69, 9.17) is 10.5 Å². The molecule has 5 nitrogen and oxygen atoms in total. The van der Waals surface area contributed by atoms with Gasteiger partial charge in [0.2, 0.25) is 0 Å². The molecule has 0 aliphatic heterocycles. The topological polar surface area (TPSA) is 77.2 Å². The number of hydrogen-bond acceptors (Lipinski definition) is 5. The fourth-order valence-corrected chi connectivity index (χ4v) is 2.56. The first-order valence-corrected chi connectivity index (χ1v) is 6.52. The summed E-state index contributed by atoms with van der Waals surface area (Å²) in [6, 6.07) is 5.13. The molecule has 2 rings (SSSR count). The zero-order valence-corrected chi connectivity index (χ0v) is 11.8. The van der Waals surface area contributed by atoms with Crippen LogP contribution in [0.1, 0.15) is 20.4 Å². The highest BCUT2D eigenvalue weighted by molar-refractivity contribution is 7.13. The van der Waals surface area contributed by atoms with Crippen LogP contribution in [0.2, 0.25) is 0 Å². The van der Waals surface area contributed by atoms with E-state index in [1.54, 1.807) is 25.3 Å². The minimum atomic E-state index is -0.173. The largest absolute Gasteiger partial charge is 0.495 e. The summed E-state index contributed by atoms with van der Waals surface area (Å²) < 4.78 is 5.07. The normalized spacial score (nSPS) is 10.3. The highest BCUT2D eigenvalue weighted by atomic mass is 32.1. The van der Waals surface area contributed by atoms with Crippen molar-refractivity contribution >= 4 is 28.6 Å². The van der Waals surface area contributed by atoms with Crippen LogP contribution in [0.5, 0.6) is 5.75 Å². The third kappa shape index (κ3) is 2.85. The summed E-state index contributed by atoms with van der Waals surface area (Å²) in [5.41, 5.74) is 7.65. The summed E-state index contributed by atoms with van der Waals surface area (Å²) in [5, 5.41) is 3.67. The number of carbonyl (C=O) groups excluding carboxylic acids is 1. The van der Waals surface area contributed by atoms with Crippen molar-refractivity contribution < 1.29 is 9.53 Å². The van der Waals surface area contributed by atoms with Crippen molar-refractivity contribution in [1.29, 1.82) is 0 Å². The van der Waals surface area contributed by atoms with Crippen LogP contribution in [0.3, 0.4) is 0 Å². The van der Waals surface area contributed by atoms with Gasteiger partial charge in [-0.2, -0.15) is 0 Å². The number of nitrogens with one attached hydrogen (secondary N) is 1. The maximum absolute atomic E-state index is 12.1. The second-order valence-electron chi connectivity index (χ2n) is 4.06. The lowest BCUT2D eigenvalue weighted by molar-refractivity contribution is 0.103. The number of methoxy groups -OCH3 is 1. The molecule has 6 heteroatoms. The predicted molar refractivity (Wildman–Crippen MR) is 76.9 cm³/mol. The van der Waals surface area contributed by atoms with Gasteiger partial charge in [0.05, 0.1) is 23.5 Å². The number of anilines is 2. The zero-order valence-electron chi connectivity index (χ0n) is 11.0. The van der Waals surface area contributed by atoms with Crippen molar-refractivity contribution in [2.75, 3.05) is 18.2 Å². The average Bonchev–Trinajstić information content (AvgIpc) is 2.69. The Bertz CT molecular complexity index is 622. The number of benzene rings is 1. The Hall–Kier alpha value is -2.08. The van der Waals surface area contributed by atoms with Crippen LogP contribution in [0.15, 0.2) is 18.2 Å². The third-order valence-electron chi connectivity index (χ3n) is 2.60. The Morgan fingerprint density at radius 1 is 1.42 bits per heavy atom. The molecule has 1 aromatic heterocycles. The van der Waals surface area contributed by atoms with Gasteiger partial charge in [-0.15, -0.1) is 11.3 Å². The molecule has 1 heterocycles. The molecule has 0 unspecified atom stereocenters. The van der Waals surface area contributed by atoms with Crippen LogP contribution in [0.25, 0.3) is 0 Å². The van der Waals surface area contributed by atoms with E-state index in [9.17, 15) is 4.79 Å². The Labute approximate surface area is 115 Å². The molecule has 0 aliphatic rings. The van der Waals surface area contributed by atoms with Crippen LogP contribution < -0.4 is 15.8 Å². The van der Waals surface area contributed by atoms with Crippen molar-refractivity contribution in [3.63, 3.8) is 0 Å². The van der Waals surface area contributed by atoms with Gasteiger partial charge in [-0.1, -0.05) is 0 Å². The number of rotatable bonds is 3. The molecule has 0 saturated carbocycles.